The first-order valence-electron chi connectivity index (χ1n) is 8.56. The van der Waals surface area contributed by atoms with Crippen molar-refractivity contribution in [2.45, 2.75) is 77.4 Å². The maximum atomic E-state index is 12.3. The van der Waals surface area contributed by atoms with E-state index >= 15 is 0 Å². The number of carbonyl (C=O) groups is 1. The van der Waals surface area contributed by atoms with E-state index in [1.54, 1.807) is 0 Å². The van der Waals surface area contributed by atoms with Crippen molar-refractivity contribution in [1.29, 1.82) is 0 Å². The molecule has 0 aromatic heterocycles. The van der Waals surface area contributed by atoms with Gasteiger partial charge in [-0.1, -0.05) is 13.8 Å². The van der Waals surface area contributed by atoms with Gasteiger partial charge < -0.3 is 19.4 Å². The zero-order valence-electron chi connectivity index (χ0n) is 16.8. The number of carbonyl (C=O) groups excluding carboxylic acids is 1. The molecule has 1 aliphatic rings. The first-order chi connectivity index (χ1) is 13.1. The maximum Gasteiger partial charge on any atom is 0.327 e. The van der Waals surface area contributed by atoms with Crippen molar-refractivity contribution in [2.24, 2.45) is 5.92 Å². The molecule has 0 aromatic carbocycles. The fraction of sp³-hybridized carbons (Fsp3) is 0.929. The lowest BCUT2D eigenvalue weighted by Gasteiger charge is -2.48. The van der Waals surface area contributed by atoms with E-state index in [4.69, 9.17) is 4.84 Å². The Balaban J connectivity index is 3.60. The molecule has 1 aliphatic heterocycles. The standard InChI is InChI=1S/C14H24N4O11/c1-8(2)12(19)29-15-13(3,4)10(27-17(22)23)7-9(26-16(20)21)11(14(15,5)6)28-18(24)25/h8-11H,7H2,1-6H3. The van der Waals surface area contributed by atoms with Crippen LogP contribution in [0.15, 0.2) is 0 Å². The Kier molecular flexibility index (Phi) is 7.13. The summed E-state index contributed by atoms with van der Waals surface area (Å²) in [5.41, 5.74) is -3.06. The molecule has 1 saturated heterocycles. The van der Waals surface area contributed by atoms with Gasteiger partial charge in [-0.25, -0.2) is 0 Å². The third-order valence-corrected chi connectivity index (χ3v) is 4.60. The SMILES string of the molecule is CC(C)C(=O)ON1C(C)(C)C(O[N+](=O)[O-])CC(O[N+](=O)[O-])C(O[N+](=O)[O-])C1(C)C. The Morgan fingerprint density at radius 3 is 1.83 bits per heavy atom. The maximum absolute atomic E-state index is 12.3. The fourth-order valence-corrected chi connectivity index (χ4v) is 3.27. The lowest BCUT2D eigenvalue weighted by molar-refractivity contribution is -0.803. The molecule has 166 valence electrons. The van der Waals surface area contributed by atoms with Gasteiger partial charge in [0.2, 0.25) is 0 Å². The highest BCUT2D eigenvalue weighted by Gasteiger charge is 2.58. The first-order valence-corrected chi connectivity index (χ1v) is 8.56. The summed E-state index contributed by atoms with van der Waals surface area (Å²) in [4.78, 5) is 64.5. The molecule has 1 rings (SSSR count). The minimum Gasteiger partial charge on any atom is -0.366 e. The predicted octanol–water partition coefficient (Wildman–Crippen LogP) is 1.09. The highest BCUT2D eigenvalue weighted by molar-refractivity contribution is 5.71. The molecule has 0 amide bonds. The van der Waals surface area contributed by atoms with E-state index in [1.165, 1.54) is 41.5 Å². The summed E-state index contributed by atoms with van der Waals surface area (Å²) >= 11 is 0. The van der Waals surface area contributed by atoms with Crippen LogP contribution >= 0.6 is 0 Å². The molecule has 15 heteroatoms. The number of nitrogens with zero attached hydrogens (tertiary/aromatic N) is 4. The van der Waals surface area contributed by atoms with Crippen LogP contribution in [0.2, 0.25) is 0 Å². The van der Waals surface area contributed by atoms with Crippen LogP contribution in [0.5, 0.6) is 0 Å². The van der Waals surface area contributed by atoms with E-state index in [1.807, 2.05) is 0 Å². The first kappa shape index (κ1) is 24.1. The third-order valence-electron chi connectivity index (χ3n) is 4.60. The summed E-state index contributed by atoms with van der Waals surface area (Å²) < 4.78 is 0. The Labute approximate surface area is 165 Å². The monoisotopic (exact) mass is 424 g/mol. The van der Waals surface area contributed by atoms with Gasteiger partial charge in [0.15, 0.2) is 6.10 Å². The van der Waals surface area contributed by atoms with E-state index in [-0.39, 0.29) is 0 Å². The van der Waals surface area contributed by atoms with Crippen molar-refractivity contribution in [3.8, 4) is 0 Å². The number of hydroxylamine groups is 2. The molecular formula is C14H24N4O11. The van der Waals surface area contributed by atoms with Crippen molar-refractivity contribution < 1.29 is 39.4 Å². The summed E-state index contributed by atoms with van der Waals surface area (Å²) in [6.07, 6.45) is -5.27. The molecule has 1 heterocycles. The zero-order valence-corrected chi connectivity index (χ0v) is 16.8. The van der Waals surface area contributed by atoms with E-state index in [9.17, 15) is 35.1 Å². The lowest BCUT2D eigenvalue weighted by atomic mass is 9.91. The normalized spacial score (nSPS) is 26.1. The molecule has 0 aromatic rings. The molecule has 0 spiro atoms. The van der Waals surface area contributed by atoms with Gasteiger partial charge >= 0.3 is 5.97 Å². The van der Waals surface area contributed by atoms with Crippen molar-refractivity contribution >= 4 is 5.97 Å². The molecule has 15 nitrogen and oxygen atoms in total. The van der Waals surface area contributed by atoms with Gasteiger partial charge in [0.25, 0.3) is 15.3 Å². The van der Waals surface area contributed by atoms with E-state index in [0.29, 0.717) is 0 Å². The van der Waals surface area contributed by atoms with Crippen molar-refractivity contribution in [2.75, 3.05) is 0 Å². The van der Waals surface area contributed by atoms with Gasteiger partial charge in [0.1, 0.15) is 12.2 Å². The summed E-state index contributed by atoms with van der Waals surface area (Å²) in [5, 5.41) is 30.5. The minimum absolute atomic E-state index is 0.535. The predicted molar refractivity (Wildman–Crippen MR) is 91.1 cm³/mol. The van der Waals surface area contributed by atoms with Gasteiger partial charge in [-0.15, -0.1) is 35.4 Å². The van der Waals surface area contributed by atoms with Gasteiger partial charge in [0.05, 0.1) is 17.0 Å². The fourth-order valence-electron chi connectivity index (χ4n) is 3.27. The molecule has 3 atom stereocenters. The lowest BCUT2D eigenvalue weighted by Crippen LogP contribution is -2.64. The van der Waals surface area contributed by atoms with Crippen LogP contribution in [0.25, 0.3) is 0 Å². The molecule has 1 fully saturated rings. The molecule has 0 bridgehead atoms. The van der Waals surface area contributed by atoms with Crippen molar-refractivity contribution in [3.05, 3.63) is 30.3 Å². The Hall–Kier alpha value is -2.97. The van der Waals surface area contributed by atoms with Crippen LogP contribution in [-0.4, -0.2) is 55.7 Å². The second-order valence-electron chi connectivity index (χ2n) is 7.84. The smallest absolute Gasteiger partial charge is 0.327 e. The second kappa shape index (κ2) is 8.59. The van der Waals surface area contributed by atoms with Crippen LogP contribution in [-0.2, 0) is 24.1 Å². The summed E-state index contributed by atoms with van der Waals surface area (Å²) in [5.74, 6) is -1.35. The molecular weight excluding hydrogens is 400 g/mol. The highest BCUT2D eigenvalue weighted by atomic mass is 17.0. The number of rotatable bonds is 8. The highest BCUT2D eigenvalue weighted by Crippen LogP contribution is 2.41. The van der Waals surface area contributed by atoms with E-state index in [2.05, 4.69) is 14.5 Å². The molecule has 29 heavy (non-hydrogen) atoms. The second-order valence-corrected chi connectivity index (χ2v) is 7.84. The van der Waals surface area contributed by atoms with Crippen LogP contribution in [0.4, 0.5) is 0 Å². The average molecular weight is 424 g/mol. The number of hydrogen-bond acceptors (Lipinski definition) is 12. The molecule has 0 saturated carbocycles. The van der Waals surface area contributed by atoms with Crippen LogP contribution in [0.3, 0.4) is 0 Å². The third kappa shape index (κ3) is 5.52. The zero-order chi connectivity index (χ0) is 22.7. The van der Waals surface area contributed by atoms with E-state index in [0.717, 1.165) is 5.06 Å². The van der Waals surface area contributed by atoms with Crippen LogP contribution in [0, 0.1) is 36.3 Å². The van der Waals surface area contributed by atoms with E-state index < -0.39 is 63.0 Å². The summed E-state index contributed by atoms with van der Waals surface area (Å²) in [7, 11) is 0. The van der Waals surface area contributed by atoms with Crippen molar-refractivity contribution in [3.63, 3.8) is 0 Å². The van der Waals surface area contributed by atoms with Crippen LogP contribution in [0.1, 0.15) is 48.0 Å². The molecule has 0 N–H and O–H groups in total. The summed E-state index contributed by atoms with van der Waals surface area (Å²) in [6, 6.07) is 0. The largest absolute Gasteiger partial charge is 0.366 e. The molecule has 0 aliphatic carbocycles. The topological polar surface area (TPSA) is 187 Å². The Bertz CT molecular complexity index is 666. The summed E-state index contributed by atoms with van der Waals surface area (Å²) in [6.45, 7) is 8.65. The van der Waals surface area contributed by atoms with Crippen LogP contribution < -0.4 is 0 Å². The molecule has 0 radical (unpaired) electrons. The number of hydrogen-bond donors (Lipinski definition) is 0. The average Bonchev–Trinajstić information content (AvgIpc) is 2.57. The van der Waals surface area contributed by atoms with Gasteiger partial charge in [-0.2, -0.15) is 0 Å². The quantitative estimate of drug-likeness (QED) is 0.399. The van der Waals surface area contributed by atoms with Gasteiger partial charge in [0, 0.05) is 6.42 Å². The van der Waals surface area contributed by atoms with Crippen molar-refractivity contribution in [1.82, 2.24) is 5.06 Å². The minimum atomic E-state index is -1.66. The van der Waals surface area contributed by atoms with Gasteiger partial charge in [-0.05, 0) is 27.7 Å². The van der Waals surface area contributed by atoms with Gasteiger partial charge in [-0.3, -0.25) is 4.79 Å². The Morgan fingerprint density at radius 1 is 0.931 bits per heavy atom. The Morgan fingerprint density at radius 2 is 1.41 bits per heavy atom. The molecule has 3 unspecified atom stereocenters.